The molecule has 5 nitrogen and oxygen atoms in total. The van der Waals surface area contributed by atoms with Gasteiger partial charge in [0.2, 0.25) is 10.0 Å². The van der Waals surface area contributed by atoms with E-state index in [1.807, 2.05) is 24.3 Å². The van der Waals surface area contributed by atoms with Crippen LogP contribution < -0.4 is 5.14 Å². The van der Waals surface area contributed by atoms with E-state index in [9.17, 15) is 8.42 Å². The smallest absolute Gasteiger partial charge is 0.238 e. The van der Waals surface area contributed by atoms with Gasteiger partial charge in [-0.25, -0.2) is 18.5 Å². The number of sulfonamides is 1. The first-order valence-corrected chi connectivity index (χ1v) is 8.19. The fraction of sp³-hybridized carbons (Fsp3) is 0.0625. The zero-order valence-corrected chi connectivity index (χ0v) is 12.5. The predicted molar refractivity (Wildman–Crippen MR) is 82.6 cm³/mol. The van der Waals surface area contributed by atoms with Gasteiger partial charge in [-0.2, -0.15) is 0 Å². The first-order chi connectivity index (χ1) is 10.6. The van der Waals surface area contributed by atoms with Crippen molar-refractivity contribution in [2.24, 2.45) is 5.14 Å². The Balaban J connectivity index is 2.14. The molecule has 0 amide bonds. The maximum absolute atomic E-state index is 11.8. The molecular formula is C16H14N2O3S. The molecule has 0 spiro atoms. The summed E-state index contributed by atoms with van der Waals surface area (Å²) in [7, 11) is -3.80. The van der Waals surface area contributed by atoms with Crippen LogP contribution in [0.25, 0.3) is 11.1 Å². The van der Waals surface area contributed by atoms with Crippen LogP contribution in [0, 0.1) is 0 Å². The lowest BCUT2D eigenvalue weighted by atomic mass is 9.97. The number of nitrogens with two attached hydrogens (primary N) is 1. The number of aromatic nitrogens is 1. The van der Waals surface area contributed by atoms with Gasteiger partial charge in [0, 0.05) is 12.0 Å². The molecule has 1 heterocycles. The number of rotatable bonds is 4. The summed E-state index contributed by atoms with van der Waals surface area (Å²) < 4.78 is 28.9. The molecule has 2 N–H and O–H groups in total. The molecule has 0 atom stereocenters. The summed E-state index contributed by atoms with van der Waals surface area (Å²) >= 11 is 0. The van der Waals surface area contributed by atoms with E-state index >= 15 is 0 Å². The molecule has 22 heavy (non-hydrogen) atoms. The fourth-order valence-electron chi connectivity index (χ4n) is 2.38. The summed E-state index contributed by atoms with van der Waals surface area (Å²) in [6.07, 6.45) is 3.56. The summed E-state index contributed by atoms with van der Waals surface area (Å²) in [6, 6.07) is 14.2. The molecule has 0 saturated carbocycles. The van der Waals surface area contributed by atoms with Crippen molar-refractivity contribution in [3.63, 3.8) is 0 Å². The highest BCUT2D eigenvalue weighted by molar-refractivity contribution is 7.89. The Kier molecular flexibility index (Phi) is 3.79. The molecule has 3 rings (SSSR count). The molecule has 3 aromatic rings. The Hall–Kier alpha value is -2.44. The first-order valence-electron chi connectivity index (χ1n) is 6.64. The van der Waals surface area contributed by atoms with Crippen LogP contribution in [0.2, 0.25) is 0 Å². The maximum atomic E-state index is 11.8. The summed E-state index contributed by atoms with van der Waals surface area (Å²) in [6.45, 7) is 0. The molecule has 112 valence electrons. The molecule has 0 bridgehead atoms. The van der Waals surface area contributed by atoms with Gasteiger partial charge in [-0.1, -0.05) is 42.5 Å². The number of hydrogen-bond acceptors (Lipinski definition) is 4. The second kappa shape index (κ2) is 5.75. The second-order valence-corrected chi connectivity index (χ2v) is 6.33. The molecule has 0 saturated heterocycles. The highest BCUT2D eigenvalue weighted by atomic mass is 32.2. The van der Waals surface area contributed by atoms with Crippen LogP contribution in [-0.2, 0) is 16.4 Å². The van der Waals surface area contributed by atoms with Crippen molar-refractivity contribution in [1.82, 2.24) is 4.98 Å². The zero-order chi connectivity index (χ0) is 15.6. The minimum absolute atomic E-state index is 0.106. The highest BCUT2D eigenvalue weighted by Gasteiger charge is 2.17. The van der Waals surface area contributed by atoms with Crippen LogP contribution in [0.4, 0.5) is 0 Å². The molecule has 0 radical (unpaired) electrons. The van der Waals surface area contributed by atoms with Gasteiger partial charge in [-0.15, -0.1) is 0 Å². The molecule has 1 aromatic heterocycles. The summed E-state index contributed by atoms with van der Waals surface area (Å²) in [5.41, 5.74) is 2.29. The van der Waals surface area contributed by atoms with Gasteiger partial charge >= 0.3 is 0 Å². The van der Waals surface area contributed by atoms with Gasteiger partial charge in [-0.3, -0.25) is 0 Å². The molecule has 0 aliphatic rings. The van der Waals surface area contributed by atoms with Crippen molar-refractivity contribution in [2.45, 2.75) is 11.3 Å². The van der Waals surface area contributed by atoms with Crippen molar-refractivity contribution in [3.05, 3.63) is 72.4 Å². The van der Waals surface area contributed by atoms with E-state index in [1.165, 1.54) is 12.3 Å². The number of nitrogens with zero attached hydrogens (tertiary/aromatic N) is 1. The minimum Gasteiger partial charge on any atom is -0.449 e. The third-order valence-electron chi connectivity index (χ3n) is 3.33. The van der Waals surface area contributed by atoms with Gasteiger partial charge < -0.3 is 4.42 Å². The quantitative estimate of drug-likeness (QED) is 0.802. The average Bonchev–Trinajstić information content (AvgIpc) is 3.00. The fourth-order valence-corrected chi connectivity index (χ4v) is 3.13. The van der Waals surface area contributed by atoms with Crippen molar-refractivity contribution in [3.8, 4) is 11.1 Å². The predicted octanol–water partition coefficient (Wildman–Crippen LogP) is 2.58. The van der Waals surface area contributed by atoms with E-state index in [-0.39, 0.29) is 4.90 Å². The first kappa shape index (κ1) is 14.5. The van der Waals surface area contributed by atoms with E-state index in [4.69, 9.17) is 9.56 Å². The van der Waals surface area contributed by atoms with Gasteiger partial charge in [0.1, 0.15) is 6.26 Å². The van der Waals surface area contributed by atoms with Gasteiger partial charge in [0.25, 0.3) is 0 Å². The summed E-state index contributed by atoms with van der Waals surface area (Å²) in [5.74, 6) is 0.570. The monoisotopic (exact) mass is 314 g/mol. The van der Waals surface area contributed by atoms with Gasteiger partial charge in [0.15, 0.2) is 5.89 Å². The van der Waals surface area contributed by atoms with E-state index in [1.54, 1.807) is 24.4 Å². The van der Waals surface area contributed by atoms with Crippen molar-refractivity contribution < 1.29 is 12.8 Å². The van der Waals surface area contributed by atoms with Gasteiger partial charge in [-0.05, 0) is 17.2 Å². The third-order valence-corrected chi connectivity index (χ3v) is 4.30. The van der Waals surface area contributed by atoms with Crippen LogP contribution in [0.1, 0.15) is 11.5 Å². The average molecular weight is 314 g/mol. The van der Waals surface area contributed by atoms with Crippen LogP contribution in [-0.4, -0.2) is 13.4 Å². The van der Waals surface area contributed by atoms with E-state index in [0.29, 0.717) is 17.9 Å². The largest absolute Gasteiger partial charge is 0.449 e. The second-order valence-electron chi connectivity index (χ2n) is 4.80. The normalized spacial score (nSPS) is 11.5. The number of hydrogen-bond donors (Lipinski definition) is 1. The van der Waals surface area contributed by atoms with Crippen molar-refractivity contribution in [1.29, 1.82) is 0 Å². The number of oxazole rings is 1. The third kappa shape index (κ3) is 2.93. The summed E-state index contributed by atoms with van der Waals surface area (Å²) in [5, 5.41) is 5.32. The van der Waals surface area contributed by atoms with E-state index < -0.39 is 10.0 Å². The molecule has 2 aromatic carbocycles. The molecule has 0 aliphatic carbocycles. The Morgan fingerprint density at radius 3 is 2.36 bits per heavy atom. The lowest BCUT2D eigenvalue weighted by Gasteiger charge is -2.12. The Labute approximate surface area is 128 Å². The van der Waals surface area contributed by atoms with Crippen LogP contribution in [0.15, 0.2) is 70.3 Å². The Morgan fingerprint density at radius 2 is 1.68 bits per heavy atom. The van der Waals surface area contributed by atoms with Crippen LogP contribution in [0.3, 0.4) is 0 Å². The molecule has 6 heteroatoms. The van der Waals surface area contributed by atoms with Crippen LogP contribution in [0.5, 0.6) is 0 Å². The van der Waals surface area contributed by atoms with Gasteiger partial charge in [0.05, 0.1) is 11.1 Å². The zero-order valence-electron chi connectivity index (χ0n) is 11.6. The van der Waals surface area contributed by atoms with Crippen LogP contribution >= 0.6 is 0 Å². The van der Waals surface area contributed by atoms with E-state index in [2.05, 4.69) is 4.98 Å². The minimum atomic E-state index is -3.80. The molecule has 0 unspecified atom stereocenters. The number of benzene rings is 2. The Morgan fingerprint density at radius 1 is 1.00 bits per heavy atom. The lowest BCUT2D eigenvalue weighted by molar-refractivity contribution is 0.507. The lowest BCUT2D eigenvalue weighted by Crippen LogP contribution is -2.13. The highest BCUT2D eigenvalue weighted by Crippen LogP contribution is 2.30. The maximum Gasteiger partial charge on any atom is 0.238 e. The van der Waals surface area contributed by atoms with Crippen molar-refractivity contribution in [2.75, 3.05) is 0 Å². The molecule has 0 aliphatic heterocycles. The standard InChI is InChI=1S/C16H14N2O3S/c17-22(19,20)15-8-4-3-7-14(15)13-6-2-1-5-12(13)11-16-18-9-10-21-16/h1-10H,11H2,(H2,17,19,20). The number of primary sulfonamides is 1. The van der Waals surface area contributed by atoms with Crippen molar-refractivity contribution >= 4 is 10.0 Å². The molecule has 0 fully saturated rings. The topological polar surface area (TPSA) is 86.2 Å². The Bertz CT molecular complexity index is 887. The molecular weight excluding hydrogens is 300 g/mol. The van der Waals surface area contributed by atoms with E-state index in [0.717, 1.165) is 11.1 Å². The SMILES string of the molecule is NS(=O)(=O)c1ccccc1-c1ccccc1Cc1ncco1. The summed E-state index contributed by atoms with van der Waals surface area (Å²) in [4.78, 5) is 4.21.